The molecule has 1 atom stereocenters. The van der Waals surface area contributed by atoms with E-state index in [0.717, 1.165) is 21.9 Å². The molecule has 0 saturated carbocycles. The van der Waals surface area contributed by atoms with Crippen LogP contribution in [0.15, 0.2) is 132 Å². The topological polar surface area (TPSA) is 52.7 Å². The smallest absolute Gasteiger partial charge is 0.292 e. The summed E-state index contributed by atoms with van der Waals surface area (Å²) in [6.07, 6.45) is 1.77. The highest BCUT2D eigenvalue weighted by atomic mass is 16.1. The first-order valence-corrected chi connectivity index (χ1v) is 15.3. The largest absolute Gasteiger partial charge is 0.330 e. The standard InChI is InChI=1S/C40H28N4O/c1-24(25-9-4-3-5-10-25)44-39-35(43(2)40(44)45)23-41-38(42-39)34-22-21-31(29-13-6-7-14-30(29)34)32-19-17-28-16-15-26-11-8-12-27-18-20-33(32)37(28)36(26)27/h3-24H,1-2H3/t24-/m1/s1. The Bertz CT molecular complexity index is 2630. The van der Waals surface area contributed by atoms with E-state index in [9.17, 15) is 4.79 Å². The summed E-state index contributed by atoms with van der Waals surface area (Å²) in [5.41, 5.74) is 5.59. The molecular formula is C40H28N4O. The summed E-state index contributed by atoms with van der Waals surface area (Å²) >= 11 is 0. The quantitative estimate of drug-likeness (QED) is 0.195. The Kier molecular flexibility index (Phi) is 5.47. The Morgan fingerprint density at radius 1 is 0.600 bits per heavy atom. The number of aryl methyl sites for hydroxylation is 1. The summed E-state index contributed by atoms with van der Waals surface area (Å²) in [7, 11) is 1.78. The van der Waals surface area contributed by atoms with E-state index in [0.29, 0.717) is 17.0 Å². The average molecular weight is 581 g/mol. The van der Waals surface area contributed by atoms with Gasteiger partial charge in [0.1, 0.15) is 5.52 Å². The zero-order valence-corrected chi connectivity index (χ0v) is 24.9. The molecule has 0 bridgehead atoms. The van der Waals surface area contributed by atoms with Crippen molar-refractivity contribution < 1.29 is 0 Å². The highest BCUT2D eigenvalue weighted by molar-refractivity contribution is 6.26. The molecule has 7 aromatic carbocycles. The minimum Gasteiger partial charge on any atom is -0.292 e. The van der Waals surface area contributed by atoms with Crippen molar-refractivity contribution in [1.29, 1.82) is 0 Å². The molecule has 0 saturated heterocycles. The molecule has 9 aromatic rings. The molecule has 0 aliphatic heterocycles. The van der Waals surface area contributed by atoms with E-state index in [-0.39, 0.29) is 11.7 Å². The lowest BCUT2D eigenvalue weighted by atomic mass is 9.87. The van der Waals surface area contributed by atoms with Crippen molar-refractivity contribution >= 4 is 54.3 Å². The van der Waals surface area contributed by atoms with E-state index in [2.05, 4.69) is 91.0 Å². The van der Waals surface area contributed by atoms with Gasteiger partial charge < -0.3 is 0 Å². The van der Waals surface area contributed by atoms with E-state index in [4.69, 9.17) is 9.97 Å². The zero-order valence-electron chi connectivity index (χ0n) is 24.9. The number of hydrogen-bond donors (Lipinski definition) is 0. The minimum absolute atomic E-state index is 0.109. The predicted octanol–water partition coefficient (Wildman–Crippen LogP) is 9.12. The summed E-state index contributed by atoms with van der Waals surface area (Å²) in [6.45, 7) is 2.04. The molecule has 5 nitrogen and oxygen atoms in total. The van der Waals surface area contributed by atoms with Crippen LogP contribution in [0.5, 0.6) is 0 Å². The third-order valence-corrected chi connectivity index (χ3v) is 9.49. The molecule has 0 aliphatic carbocycles. The highest BCUT2D eigenvalue weighted by Crippen LogP contribution is 2.42. The lowest BCUT2D eigenvalue weighted by Gasteiger charge is -2.16. The highest BCUT2D eigenvalue weighted by Gasteiger charge is 2.21. The van der Waals surface area contributed by atoms with Gasteiger partial charge in [-0.2, -0.15) is 0 Å². The van der Waals surface area contributed by atoms with E-state index in [1.807, 2.05) is 37.3 Å². The van der Waals surface area contributed by atoms with Crippen LogP contribution in [0.3, 0.4) is 0 Å². The maximum atomic E-state index is 13.5. The molecule has 45 heavy (non-hydrogen) atoms. The van der Waals surface area contributed by atoms with Crippen molar-refractivity contribution in [3.8, 4) is 22.5 Å². The Morgan fingerprint density at radius 3 is 1.98 bits per heavy atom. The van der Waals surface area contributed by atoms with Gasteiger partial charge in [-0.1, -0.05) is 115 Å². The molecule has 5 heteroatoms. The number of hydrogen-bond acceptors (Lipinski definition) is 3. The van der Waals surface area contributed by atoms with Crippen LogP contribution in [0, 0.1) is 0 Å². The van der Waals surface area contributed by atoms with Gasteiger partial charge in [0, 0.05) is 12.6 Å². The average Bonchev–Trinajstić information content (AvgIpc) is 3.35. The Hall–Kier alpha value is -5.81. The summed E-state index contributed by atoms with van der Waals surface area (Å²) in [5, 5.41) is 9.84. The van der Waals surface area contributed by atoms with Gasteiger partial charge in [-0.05, 0) is 72.8 Å². The monoisotopic (exact) mass is 580 g/mol. The molecule has 2 heterocycles. The van der Waals surface area contributed by atoms with E-state index >= 15 is 0 Å². The van der Waals surface area contributed by atoms with Crippen LogP contribution in [0.2, 0.25) is 0 Å². The number of rotatable bonds is 4. The second-order valence-electron chi connectivity index (χ2n) is 11.9. The first kappa shape index (κ1) is 25.7. The Morgan fingerprint density at radius 2 is 1.20 bits per heavy atom. The fourth-order valence-corrected chi connectivity index (χ4v) is 7.19. The van der Waals surface area contributed by atoms with Gasteiger partial charge in [0.2, 0.25) is 0 Å². The summed E-state index contributed by atoms with van der Waals surface area (Å²) < 4.78 is 3.41. The Balaban J connectivity index is 1.26. The van der Waals surface area contributed by atoms with Gasteiger partial charge in [-0.3, -0.25) is 9.13 Å². The molecular weight excluding hydrogens is 552 g/mol. The Labute approximate surface area is 259 Å². The van der Waals surface area contributed by atoms with Gasteiger partial charge in [0.25, 0.3) is 0 Å². The van der Waals surface area contributed by atoms with Crippen LogP contribution >= 0.6 is 0 Å². The van der Waals surface area contributed by atoms with Gasteiger partial charge in [0.15, 0.2) is 11.5 Å². The van der Waals surface area contributed by atoms with Gasteiger partial charge >= 0.3 is 5.69 Å². The summed E-state index contributed by atoms with van der Waals surface area (Å²) in [5.74, 6) is 0.597. The number of nitrogens with zero attached hydrogens (tertiary/aromatic N) is 4. The number of benzene rings is 7. The maximum absolute atomic E-state index is 13.5. The van der Waals surface area contributed by atoms with Crippen LogP contribution in [0.25, 0.3) is 76.8 Å². The van der Waals surface area contributed by atoms with Crippen LogP contribution in [0.1, 0.15) is 18.5 Å². The minimum atomic E-state index is -0.182. The first-order valence-electron chi connectivity index (χ1n) is 15.3. The van der Waals surface area contributed by atoms with E-state index in [1.54, 1.807) is 22.4 Å². The predicted molar refractivity (Wildman–Crippen MR) is 185 cm³/mol. The van der Waals surface area contributed by atoms with Crippen LogP contribution < -0.4 is 5.69 Å². The van der Waals surface area contributed by atoms with Gasteiger partial charge in [-0.25, -0.2) is 14.8 Å². The lowest BCUT2D eigenvalue weighted by molar-refractivity contribution is 0.613. The number of aromatic nitrogens is 4. The normalized spacial score (nSPS) is 12.7. The number of imidazole rings is 1. The molecule has 0 fully saturated rings. The molecule has 0 unspecified atom stereocenters. The zero-order chi connectivity index (χ0) is 30.2. The summed E-state index contributed by atoms with van der Waals surface area (Å²) in [4.78, 5) is 23.3. The molecule has 0 amide bonds. The van der Waals surface area contributed by atoms with Gasteiger partial charge in [-0.15, -0.1) is 0 Å². The summed E-state index contributed by atoms with van der Waals surface area (Å²) in [6, 6.07) is 42.7. The van der Waals surface area contributed by atoms with Crippen molar-refractivity contribution in [1.82, 2.24) is 19.1 Å². The molecule has 9 rings (SSSR count). The number of fused-ring (bicyclic) bond motifs is 2. The lowest BCUT2D eigenvalue weighted by Crippen LogP contribution is -2.25. The van der Waals surface area contributed by atoms with Crippen molar-refractivity contribution in [3.05, 3.63) is 144 Å². The SMILES string of the molecule is C[C@H](c1ccccc1)n1c(=O)n(C)c2cnc(-c3ccc(-c4ccc5ccc6cccc7ccc4c5c67)c4ccccc34)nc21. The fourth-order valence-electron chi connectivity index (χ4n) is 7.19. The van der Waals surface area contributed by atoms with Crippen LogP contribution in [-0.4, -0.2) is 19.1 Å². The molecule has 0 aliphatic rings. The second kappa shape index (κ2) is 9.60. The molecule has 2 aromatic heterocycles. The van der Waals surface area contributed by atoms with Crippen molar-refractivity contribution in [3.63, 3.8) is 0 Å². The third kappa shape index (κ3) is 3.71. The second-order valence-corrected chi connectivity index (χ2v) is 11.9. The van der Waals surface area contributed by atoms with Crippen molar-refractivity contribution in [2.45, 2.75) is 13.0 Å². The molecule has 0 radical (unpaired) electrons. The van der Waals surface area contributed by atoms with Crippen LogP contribution in [0.4, 0.5) is 0 Å². The first-order chi connectivity index (χ1) is 22.1. The van der Waals surface area contributed by atoms with Crippen molar-refractivity contribution in [2.75, 3.05) is 0 Å². The molecule has 214 valence electrons. The van der Waals surface area contributed by atoms with E-state index < -0.39 is 0 Å². The van der Waals surface area contributed by atoms with Gasteiger partial charge in [0.05, 0.1) is 12.2 Å². The maximum Gasteiger partial charge on any atom is 0.330 e. The molecule has 0 spiro atoms. The van der Waals surface area contributed by atoms with E-state index in [1.165, 1.54) is 43.4 Å². The molecule has 0 N–H and O–H groups in total. The van der Waals surface area contributed by atoms with Crippen molar-refractivity contribution in [2.24, 2.45) is 7.05 Å². The van der Waals surface area contributed by atoms with Crippen LogP contribution in [-0.2, 0) is 7.05 Å². The fraction of sp³-hybridized carbons (Fsp3) is 0.0750. The third-order valence-electron chi connectivity index (χ3n) is 9.49.